The molecule has 11 nitrogen and oxygen atoms in total. The molecule has 2 amide bonds. The van der Waals surface area contributed by atoms with Crippen molar-refractivity contribution < 1.29 is 22.7 Å². The van der Waals surface area contributed by atoms with Crippen LogP contribution in [-0.4, -0.2) is 69.0 Å². The Bertz CT molecular complexity index is 1580. The van der Waals surface area contributed by atoms with Crippen molar-refractivity contribution in [2.75, 3.05) is 38.0 Å². The van der Waals surface area contributed by atoms with Crippen LogP contribution in [0.5, 0.6) is 0 Å². The fourth-order valence-corrected chi connectivity index (χ4v) is 6.86. The number of fused-ring (bicyclic) bond motifs is 1. The van der Waals surface area contributed by atoms with Crippen LogP contribution in [-0.2, 0) is 26.1 Å². The summed E-state index contributed by atoms with van der Waals surface area (Å²) in [7, 11) is 0.532. The first kappa shape index (κ1) is 28.1. The number of methoxy groups -OCH3 is 1. The van der Waals surface area contributed by atoms with Gasteiger partial charge in [-0.2, -0.15) is 0 Å². The van der Waals surface area contributed by atoms with Gasteiger partial charge < -0.3 is 15.0 Å². The minimum absolute atomic E-state index is 0.0153. The Balaban J connectivity index is 1.47. The zero-order valence-electron chi connectivity index (χ0n) is 23.0. The highest BCUT2D eigenvalue weighted by Gasteiger charge is 2.41. The van der Waals surface area contributed by atoms with Gasteiger partial charge in [0.15, 0.2) is 5.13 Å². The highest BCUT2D eigenvalue weighted by atomic mass is 32.2. The first-order valence-electron chi connectivity index (χ1n) is 12.9. The number of benzene rings is 1. The van der Waals surface area contributed by atoms with Crippen molar-refractivity contribution in [3.63, 3.8) is 0 Å². The van der Waals surface area contributed by atoms with Gasteiger partial charge in [0.25, 0.3) is 11.8 Å². The lowest BCUT2D eigenvalue weighted by Gasteiger charge is -2.24. The number of anilines is 3. The van der Waals surface area contributed by atoms with Gasteiger partial charge in [0, 0.05) is 26.7 Å². The number of carbonyl (C=O) groups is 2. The number of ether oxygens (including phenoxy) is 1. The summed E-state index contributed by atoms with van der Waals surface area (Å²) >= 11 is 1.35. The number of nitrogens with zero attached hydrogens (tertiary/aromatic N) is 4. The Labute approximate surface area is 237 Å². The number of likely N-dealkylation sites (N-methyl/N-ethyl adjacent to an activating group) is 1. The van der Waals surface area contributed by atoms with Crippen LogP contribution in [0.1, 0.15) is 41.4 Å². The molecule has 0 saturated heterocycles. The van der Waals surface area contributed by atoms with E-state index in [0.717, 1.165) is 17.7 Å². The van der Waals surface area contributed by atoms with Crippen molar-refractivity contribution in [1.29, 1.82) is 0 Å². The molecule has 2 aliphatic rings. The second kappa shape index (κ2) is 10.9. The highest BCUT2D eigenvalue weighted by Crippen LogP contribution is 2.42. The number of pyridine rings is 1. The lowest BCUT2D eigenvalue weighted by atomic mass is 10.0. The quantitative estimate of drug-likeness (QED) is 0.370. The molecule has 0 unspecified atom stereocenters. The summed E-state index contributed by atoms with van der Waals surface area (Å²) in [5, 5.41) is 3.75. The summed E-state index contributed by atoms with van der Waals surface area (Å²) in [5.41, 5.74) is 2.33. The van der Waals surface area contributed by atoms with Gasteiger partial charge in [0.2, 0.25) is 10.0 Å². The van der Waals surface area contributed by atoms with E-state index in [9.17, 15) is 18.0 Å². The van der Waals surface area contributed by atoms with Crippen LogP contribution < -0.4 is 14.9 Å². The maximum absolute atomic E-state index is 13.4. The minimum Gasteiger partial charge on any atom is -0.375 e. The zero-order valence-corrected chi connectivity index (χ0v) is 24.6. The van der Waals surface area contributed by atoms with Gasteiger partial charge in [0.1, 0.15) is 18.2 Å². The normalized spacial score (nSPS) is 15.7. The summed E-state index contributed by atoms with van der Waals surface area (Å²) in [6.07, 6.45) is 2.17. The van der Waals surface area contributed by atoms with Gasteiger partial charge >= 0.3 is 0 Å². The molecule has 0 radical (unpaired) electrons. The molecule has 1 atom stereocenters. The molecule has 0 bridgehead atoms. The Morgan fingerprint density at radius 2 is 2.02 bits per heavy atom. The molecule has 2 aromatic heterocycles. The molecule has 40 heavy (non-hydrogen) atoms. The van der Waals surface area contributed by atoms with Crippen molar-refractivity contribution >= 4 is 49.9 Å². The molecule has 1 aliphatic carbocycles. The lowest BCUT2D eigenvalue weighted by molar-refractivity contribution is -0.121. The molecule has 3 heterocycles. The number of aromatic nitrogens is 2. The van der Waals surface area contributed by atoms with Gasteiger partial charge in [-0.05, 0) is 75.0 Å². The number of hydrogen-bond donors (Lipinski definition) is 2. The summed E-state index contributed by atoms with van der Waals surface area (Å²) < 4.78 is 33.4. The molecule has 0 spiro atoms. The first-order chi connectivity index (χ1) is 19.0. The van der Waals surface area contributed by atoms with Gasteiger partial charge in [-0.3, -0.25) is 14.5 Å². The number of aryl methyl sites for hydroxylation is 1. The Morgan fingerprint density at radius 1 is 1.27 bits per heavy atom. The molecule has 3 aromatic rings. The number of carbonyl (C=O) groups excluding carboxylic acids is 2. The SMILES string of the molecule is CNS(=O)(=O)c1cc(-c2sc(Nc3cccc(N(C)C(=O)COC)n3)nc2C)cc2c1C(=O)N([C@@H](C)C1CC1)C2. The average molecular weight is 585 g/mol. The minimum atomic E-state index is -3.90. The first-order valence-corrected chi connectivity index (χ1v) is 15.2. The second-order valence-corrected chi connectivity index (χ2v) is 12.9. The molecular weight excluding hydrogens is 552 g/mol. The molecule has 13 heteroatoms. The topological polar surface area (TPSA) is 134 Å². The largest absolute Gasteiger partial charge is 0.375 e. The number of amides is 2. The second-order valence-electron chi connectivity index (χ2n) is 10.1. The van der Waals surface area contributed by atoms with Crippen molar-refractivity contribution in [1.82, 2.24) is 19.6 Å². The van der Waals surface area contributed by atoms with Crippen molar-refractivity contribution in [3.8, 4) is 10.4 Å². The standard InChI is InChI=1S/C27H32N6O5S2/c1-15-25(39-27(29-15)31-21-7-6-8-22(30-21)32(4)23(34)14-38-5)18-11-19-13-33(16(2)17-9-10-17)26(35)24(19)20(12-18)40(36,37)28-3/h6-8,11-12,16-17,28H,9-10,13-14H2,1-5H3,(H,29,30,31)/t16-/m0/s1. The fraction of sp³-hybridized carbons (Fsp3) is 0.407. The van der Waals surface area contributed by atoms with E-state index >= 15 is 0 Å². The van der Waals surface area contributed by atoms with Crippen molar-refractivity contribution in [2.45, 2.75) is 44.2 Å². The Hall–Kier alpha value is -3.39. The van der Waals surface area contributed by atoms with Crippen LogP contribution in [0.3, 0.4) is 0 Å². The van der Waals surface area contributed by atoms with Gasteiger partial charge in [0.05, 0.1) is 21.0 Å². The molecule has 5 rings (SSSR count). The summed E-state index contributed by atoms with van der Waals surface area (Å²) in [4.78, 5) is 38.7. The van der Waals surface area contributed by atoms with E-state index in [2.05, 4.69) is 20.0 Å². The molecule has 1 aliphatic heterocycles. The van der Waals surface area contributed by atoms with Crippen LogP contribution in [0.4, 0.5) is 16.8 Å². The maximum Gasteiger partial charge on any atom is 0.256 e. The Kier molecular flexibility index (Phi) is 7.66. The molecular formula is C27H32N6O5S2. The van der Waals surface area contributed by atoms with Crippen LogP contribution >= 0.6 is 11.3 Å². The third kappa shape index (κ3) is 5.33. The molecule has 1 saturated carbocycles. The van der Waals surface area contributed by atoms with Crippen LogP contribution in [0, 0.1) is 12.8 Å². The number of nitrogens with one attached hydrogen (secondary N) is 2. The van der Waals surface area contributed by atoms with Crippen LogP contribution in [0.25, 0.3) is 10.4 Å². The van der Waals surface area contributed by atoms with E-state index < -0.39 is 10.0 Å². The zero-order chi connectivity index (χ0) is 28.8. The average Bonchev–Trinajstić information content (AvgIpc) is 3.65. The highest BCUT2D eigenvalue weighted by molar-refractivity contribution is 7.89. The predicted octanol–water partition coefficient (Wildman–Crippen LogP) is 3.53. The number of rotatable bonds is 10. The molecule has 1 fully saturated rings. The third-order valence-electron chi connectivity index (χ3n) is 7.37. The smallest absolute Gasteiger partial charge is 0.256 e. The summed E-state index contributed by atoms with van der Waals surface area (Å²) in [5.74, 6) is 0.947. The summed E-state index contributed by atoms with van der Waals surface area (Å²) in [6, 6.07) is 8.79. The maximum atomic E-state index is 13.4. The monoisotopic (exact) mass is 584 g/mol. The lowest BCUT2D eigenvalue weighted by Crippen LogP contribution is -2.35. The van der Waals surface area contributed by atoms with Crippen LogP contribution in [0.15, 0.2) is 35.2 Å². The van der Waals surface area contributed by atoms with E-state index in [1.54, 1.807) is 36.2 Å². The number of thiazole rings is 1. The molecule has 2 N–H and O–H groups in total. The number of hydrogen-bond acceptors (Lipinski definition) is 9. The van der Waals surface area contributed by atoms with E-state index in [1.165, 1.54) is 30.4 Å². The van der Waals surface area contributed by atoms with Gasteiger partial charge in [-0.25, -0.2) is 23.1 Å². The van der Waals surface area contributed by atoms with Crippen molar-refractivity contribution in [2.24, 2.45) is 5.92 Å². The van der Waals surface area contributed by atoms with Crippen LogP contribution in [0.2, 0.25) is 0 Å². The van der Waals surface area contributed by atoms with E-state index in [4.69, 9.17) is 4.74 Å². The van der Waals surface area contributed by atoms with E-state index in [1.807, 2.05) is 19.9 Å². The van der Waals surface area contributed by atoms with Gasteiger partial charge in [-0.15, -0.1) is 0 Å². The van der Waals surface area contributed by atoms with E-state index in [0.29, 0.717) is 46.1 Å². The Morgan fingerprint density at radius 3 is 2.70 bits per heavy atom. The summed E-state index contributed by atoms with van der Waals surface area (Å²) in [6.45, 7) is 4.21. The van der Waals surface area contributed by atoms with Gasteiger partial charge in [-0.1, -0.05) is 17.4 Å². The van der Waals surface area contributed by atoms with E-state index in [-0.39, 0.29) is 34.9 Å². The molecule has 1 aromatic carbocycles. The predicted molar refractivity (Wildman–Crippen MR) is 153 cm³/mol. The number of sulfonamides is 1. The van der Waals surface area contributed by atoms with Crippen molar-refractivity contribution in [3.05, 3.63) is 47.2 Å². The molecule has 212 valence electrons. The third-order valence-corrected chi connectivity index (χ3v) is 9.93. The fourth-order valence-electron chi connectivity index (χ4n) is 4.91.